The molecule has 2 aromatic rings. The number of rotatable bonds is 1. The minimum absolute atomic E-state index is 0.447. The van der Waals surface area contributed by atoms with Crippen molar-refractivity contribution in [3.63, 3.8) is 0 Å². The quantitative estimate of drug-likeness (QED) is 0.716. The van der Waals surface area contributed by atoms with Gasteiger partial charge >= 0.3 is 0 Å². The van der Waals surface area contributed by atoms with Crippen molar-refractivity contribution < 1.29 is 0 Å². The number of halogens is 2. The molecule has 0 atom stereocenters. The van der Waals surface area contributed by atoms with Gasteiger partial charge in [0.15, 0.2) is 0 Å². The van der Waals surface area contributed by atoms with Gasteiger partial charge in [0.25, 0.3) is 0 Å². The zero-order valence-electron chi connectivity index (χ0n) is 8.96. The molecule has 0 aliphatic rings. The second-order valence-electron chi connectivity index (χ2n) is 3.55. The highest BCUT2D eigenvalue weighted by Crippen LogP contribution is 2.32. The molecule has 2 heterocycles. The molecule has 0 saturated heterocycles. The van der Waals surface area contributed by atoms with Crippen LogP contribution in [0.2, 0.25) is 10.2 Å². The van der Waals surface area contributed by atoms with Gasteiger partial charge in [-0.2, -0.15) is 0 Å². The van der Waals surface area contributed by atoms with E-state index in [0.717, 1.165) is 22.4 Å². The topological polar surface area (TPSA) is 25.8 Å². The summed E-state index contributed by atoms with van der Waals surface area (Å²) in [6.07, 6.45) is 3.44. The Morgan fingerprint density at radius 3 is 2.25 bits per heavy atom. The number of aromatic nitrogens is 2. The van der Waals surface area contributed by atoms with Crippen LogP contribution in [0.4, 0.5) is 0 Å². The van der Waals surface area contributed by atoms with Gasteiger partial charge in [-0.25, -0.2) is 4.98 Å². The molecule has 0 aromatic carbocycles. The number of hydrogen-bond donors (Lipinski definition) is 0. The Morgan fingerprint density at radius 1 is 1.00 bits per heavy atom. The van der Waals surface area contributed by atoms with E-state index in [0.29, 0.717) is 10.2 Å². The highest BCUT2D eigenvalue weighted by Gasteiger charge is 2.12. The summed E-state index contributed by atoms with van der Waals surface area (Å²) in [6.45, 7) is 3.80. The van der Waals surface area contributed by atoms with Crippen LogP contribution in [0.25, 0.3) is 11.3 Å². The average molecular weight is 253 g/mol. The molecule has 0 fully saturated rings. The molecule has 0 saturated carbocycles. The molecule has 0 spiro atoms. The van der Waals surface area contributed by atoms with E-state index in [1.54, 1.807) is 12.4 Å². The van der Waals surface area contributed by atoms with Crippen molar-refractivity contribution in [1.82, 2.24) is 9.97 Å². The fourth-order valence-electron chi connectivity index (χ4n) is 1.53. The van der Waals surface area contributed by atoms with Crippen LogP contribution >= 0.6 is 23.2 Å². The molecule has 16 heavy (non-hydrogen) atoms. The van der Waals surface area contributed by atoms with Crippen LogP contribution in [0.5, 0.6) is 0 Å². The van der Waals surface area contributed by atoms with Crippen LogP contribution in [0.3, 0.4) is 0 Å². The molecule has 82 valence electrons. The van der Waals surface area contributed by atoms with Gasteiger partial charge in [0.05, 0.1) is 10.7 Å². The summed E-state index contributed by atoms with van der Waals surface area (Å²) in [4.78, 5) is 8.33. The fourth-order valence-corrected chi connectivity index (χ4v) is 1.94. The van der Waals surface area contributed by atoms with Crippen LogP contribution in [0.1, 0.15) is 11.1 Å². The summed E-state index contributed by atoms with van der Waals surface area (Å²) < 4.78 is 0. The Labute approximate surface area is 104 Å². The molecular formula is C12H10Cl2N2. The average Bonchev–Trinajstić information content (AvgIpc) is 2.32. The summed E-state index contributed by atoms with van der Waals surface area (Å²) in [5.41, 5.74) is 3.53. The van der Waals surface area contributed by atoms with Gasteiger partial charge in [-0.05, 0) is 31.5 Å². The second kappa shape index (κ2) is 4.40. The van der Waals surface area contributed by atoms with Crippen LogP contribution in [0, 0.1) is 13.8 Å². The lowest BCUT2D eigenvalue weighted by Gasteiger charge is -2.10. The van der Waals surface area contributed by atoms with Crippen molar-refractivity contribution in [3.05, 3.63) is 45.8 Å². The van der Waals surface area contributed by atoms with Crippen molar-refractivity contribution >= 4 is 23.2 Å². The van der Waals surface area contributed by atoms with Gasteiger partial charge in [-0.1, -0.05) is 23.2 Å². The molecule has 2 aromatic heterocycles. The Kier molecular flexibility index (Phi) is 3.13. The molecular weight excluding hydrogens is 243 g/mol. The summed E-state index contributed by atoms with van der Waals surface area (Å²) >= 11 is 12.2. The molecule has 2 rings (SSSR count). The molecule has 2 nitrogen and oxygen atoms in total. The number of nitrogens with zero attached hydrogens (tertiary/aromatic N) is 2. The largest absolute Gasteiger partial charge is 0.265 e. The first-order valence-corrected chi connectivity index (χ1v) is 5.59. The van der Waals surface area contributed by atoms with Crippen molar-refractivity contribution in [1.29, 1.82) is 0 Å². The SMILES string of the molecule is Cc1c(Cl)nc(-c2ccncc2)c(C)c1Cl. The Balaban J connectivity index is 2.68. The van der Waals surface area contributed by atoms with Crippen molar-refractivity contribution in [2.24, 2.45) is 0 Å². The predicted octanol–water partition coefficient (Wildman–Crippen LogP) is 4.07. The first kappa shape index (κ1) is 11.4. The Morgan fingerprint density at radius 2 is 1.62 bits per heavy atom. The van der Waals surface area contributed by atoms with Gasteiger partial charge in [-0.3, -0.25) is 4.98 Å². The maximum atomic E-state index is 6.20. The molecule has 4 heteroatoms. The van der Waals surface area contributed by atoms with Gasteiger partial charge in [0.2, 0.25) is 0 Å². The lowest BCUT2D eigenvalue weighted by atomic mass is 10.1. The second-order valence-corrected chi connectivity index (χ2v) is 4.29. The van der Waals surface area contributed by atoms with Crippen molar-refractivity contribution in [2.45, 2.75) is 13.8 Å². The Hall–Kier alpha value is -1.12. The third-order valence-electron chi connectivity index (χ3n) is 2.49. The third-order valence-corrected chi connectivity index (χ3v) is 3.42. The van der Waals surface area contributed by atoms with E-state index >= 15 is 0 Å². The lowest BCUT2D eigenvalue weighted by molar-refractivity contribution is 1.21. The monoisotopic (exact) mass is 252 g/mol. The van der Waals surface area contributed by atoms with E-state index in [2.05, 4.69) is 9.97 Å². The maximum absolute atomic E-state index is 6.20. The predicted molar refractivity (Wildman–Crippen MR) is 67.0 cm³/mol. The zero-order valence-corrected chi connectivity index (χ0v) is 10.5. The highest BCUT2D eigenvalue weighted by molar-refractivity contribution is 6.36. The molecule has 0 aliphatic carbocycles. The molecule has 0 unspecified atom stereocenters. The van der Waals surface area contributed by atoms with Crippen molar-refractivity contribution in [2.75, 3.05) is 0 Å². The number of pyridine rings is 2. The zero-order chi connectivity index (χ0) is 11.7. The van der Waals surface area contributed by atoms with E-state index in [-0.39, 0.29) is 0 Å². The highest BCUT2D eigenvalue weighted by atomic mass is 35.5. The summed E-state index contributed by atoms with van der Waals surface area (Å²) in [7, 11) is 0. The summed E-state index contributed by atoms with van der Waals surface area (Å²) in [5, 5.41) is 1.12. The van der Waals surface area contributed by atoms with Crippen LogP contribution in [-0.2, 0) is 0 Å². The van der Waals surface area contributed by atoms with Crippen LogP contribution < -0.4 is 0 Å². The van der Waals surface area contributed by atoms with Crippen LogP contribution in [0.15, 0.2) is 24.5 Å². The first-order valence-electron chi connectivity index (χ1n) is 4.84. The third kappa shape index (κ3) is 1.91. The number of hydrogen-bond acceptors (Lipinski definition) is 2. The molecule has 0 bridgehead atoms. The van der Waals surface area contributed by atoms with E-state index in [4.69, 9.17) is 23.2 Å². The van der Waals surface area contributed by atoms with E-state index in [1.165, 1.54) is 0 Å². The van der Waals surface area contributed by atoms with E-state index in [1.807, 2.05) is 26.0 Å². The minimum Gasteiger partial charge on any atom is -0.265 e. The molecule has 0 radical (unpaired) electrons. The van der Waals surface area contributed by atoms with Gasteiger partial charge in [-0.15, -0.1) is 0 Å². The van der Waals surface area contributed by atoms with E-state index < -0.39 is 0 Å². The van der Waals surface area contributed by atoms with E-state index in [9.17, 15) is 0 Å². The standard InChI is InChI=1S/C12H10Cl2N2/c1-7-10(13)8(2)12(14)16-11(7)9-3-5-15-6-4-9/h3-6H,1-2H3. The van der Waals surface area contributed by atoms with Gasteiger partial charge in [0.1, 0.15) is 5.15 Å². The lowest BCUT2D eigenvalue weighted by Crippen LogP contribution is -1.94. The van der Waals surface area contributed by atoms with Crippen molar-refractivity contribution in [3.8, 4) is 11.3 Å². The van der Waals surface area contributed by atoms with Gasteiger partial charge in [0, 0.05) is 23.5 Å². The normalized spacial score (nSPS) is 10.5. The summed E-state index contributed by atoms with van der Waals surface area (Å²) in [6, 6.07) is 3.77. The van der Waals surface area contributed by atoms with Crippen LogP contribution in [-0.4, -0.2) is 9.97 Å². The Bertz CT molecular complexity index is 524. The molecule has 0 aliphatic heterocycles. The molecule has 0 amide bonds. The minimum atomic E-state index is 0.447. The smallest absolute Gasteiger partial charge is 0.134 e. The first-order chi connectivity index (χ1) is 7.61. The maximum Gasteiger partial charge on any atom is 0.134 e. The summed E-state index contributed by atoms with van der Waals surface area (Å²) in [5.74, 6) is 0. The molecule has 0 N–H and O–H groups in total. The fraction of sp³-hybridized carbons (Fsp3) is 0.167. The van der Waals surface area contributed by atoms with Gasteiger partial charge < -0.3 is 0 Å².